The molecule has 10 nitrogen and oxygen atoms in total. The zero-order chi connectivity index (χ0) is 32.8. The summed E-state index contributed by atoms with van der Waals surface area (Å²) in [6, 6.07) is 15.5. The van der Waals surface area contributed by atoms with Crippen LogP contribution < -0.4 is 15.4 Å². The molecule has 3 N–H and O–H groups in total. The molecule has 0 saturated heterocycles. The van der Waals surface area contributed by atoms with Gasteiger partial charge in [-0.25, -0.2) is 14.2 Å². The lowest BCUT2D eigenvalue weighted by molar-refractivity contribution is 0.0487. The average Bonchev–Trinajstić information content (AvgIpc) is 2.97. The van der Waals surface area contributed by atoms with Crippen LogP contribution in [0, 0.1) is 5.82 Å². The molecular weight excluding hydrogens is 601 g/mol. The predicted octanol–water partition coefficient (Wildman–Crippen LogP) is 6.45. The number of rotatable bonds is 10. The first-order chi connectivity index (χ1) is 21.2. The minimum Gasteiger partial charge on any atom is -0.444 e. The number of amides is 2. The Labute approximate surface area is 263 Å². The molecule has 1 saturated carbocycles. The summed E-state index contributed by atoms with van der Waals surface area (Å²) >= 11 is 0. The number of carbonyl (C=O) groups excluding carboxylic acids is 2. The van der Waals surface area contributed by atoms with E-state index in [0.717, 1.165) is 17.8 Å². The highest BCUT2D eigenvalue weighted by molar-refractivity contribution is 7.86. The van der Waals surface area contributed by atoms with E-state index in [1.807, 2.05) is 42.5 Å². The van der Waals surface area contributed by atoms with Gasteiger partial charge in [0.15, 0.2) is 0 Å². The van der Waals surface area contributed by atoms with Crippen LogP contribution in [0.1, 0.15) is 75.7 Å². The highest BCUT2D eigenvalue weighted by Gasteiger charge is 2.28. The highest BCUT2D eigenvalue weighted by atomic mass is 32.2. The molecule has 242 valence electrons. The smallest absolute Gasteiger partial charge is 0.407 e. The summed E-state index contributed by atoms with van der Waals surface area (Å²) in [5, 5.41) is 4.82. The summed E-state index contributed by atoms with van der Waals surface area (Å²) in [5.74, 6) is -1.04. The number of benzene rings is 2. The summed E-state index contributed by atoms with van der Waals surface area (Å²) in [6.45, 7) is 6.80. The molecule has 1 unspecified atom stereocenters. The van der Waals surface area contributed by atoms with Gasteiger partial charge in [-0.05, 0) is 83.4 Å². The van der Waals surface area contributed by atoms with E-state index in [4.69, 9.17) is 9.47 Å². The van der Waals surface area contributed by atoms with Crippen molar-refractivity contribution in [1.29, 1.82) is 0 Å². The molecule has 1 atom stereocenters. The Hall–Kier alpha value is -4.03. The molecule has 1 aliphatic carbocycles. The van der Waals surface area contributed by atoms with E-state index in [2.05, 4.69) is 15.6 Å². The standard InChI is InChI=1S/C33H40FN3O7S/c1-21(45(40,41)42)13-14-23-11-8-12-27(22-9-6-5-7-10-22)29(23)43-31-28(19-24(34)20-35-31)30(38)36-25-15-17-26(18-16-25)37-32(39)44-33(2,3)4/h5-12,19-21,25-26H,13-18H2,1-4H3,(H,36,38)(H,37,39)(H,40,41,42). The third-order valence-corrected chi connectivity index (χ3v) is 8.81. The molecule has 3 aromatic rings. The first-order valence-electron chi connectivity index (χ1n) is 15.0. The number of aryl methyl sites for hydroxylation is 1. The predicted molar refractivity (Wildman–Crippen MR) is 168 cm³/mol. The number of hydrogen-bond donors (Lipinski definition) is 3. The van der Waals surface area contributed by atoms with Gasteiger partial charge in [-0.15, -0.1) is 0 Å². The quantitative estimate of drug-likeness (QED) is 0.214. The van der Waals surface area contributed by atoms with Crippen LogP contribution in [0.25, 0.3) is 11.1 Å². The molecule has 2 aromatic carbocycles. The summed E-state index contributed by atoms with van der Waals surface area (Å²) in [4.78, 5) is 29.7. The van der Waals surface area contributed by atoms with E-state index in [1.54, 1.807) is 26.8 Å². The van der Waals surface area contributed by atoms with Crippen LogP contribution in [0.2, 0.25) is 0 Å². The van der Waals surface area contributed by atoms with Gasteiger partial charge in [0.1, 0.15) is 22.7 Å². The van der Waals surface area contributed by atoms with Gasteiger partial charge in [0.05, 0.1) is 11.4 Å². The van der Waals surface area contributed by atoms with E-state index in [9.17, 15) is 27.0 Å². The maximum Gasteiger partial charge on any atom is 0.407 e. The fourth-order valence-electron chi connectivity index (χ4n) is 5.14. The molecule has 45 heavy (non-hydrogen) atoms. The molecule has 0 bridgehead atoms. The van der Waals surface area contributed by atoms with Crippen molar-refractivity contribution in [3.8, 4) is 22.8 Å². The second-order valence-corrected chi connectivity index (χ2v) is 14.1. The van der Waals surface area contributed by atoms with Gasteiger partial charge in [-0.3, -0.25) is 9.35 Å². The SMILES string of the molecule is CC(CCc1cccc(-c2ccccc2)c1Oc1ncc(F)cc1C(=O)NC1CCC(NC(=O)OC(C)(C)C)CC1)S(=O)(=O)O. The molecule has 1 aromatic heterocycles. The van der Waals surface area contributed by atoms with E-state index in [-0.39, 0.29) is 36.4 Å². The molecule has 1 aliphatic rings. The monoisotopic (exact) mass is 641 g/mol. The van der Waals surface area contributed by atoms with Gasteiger partial charge >= 0.3 is 6.09 Å². The van der Waals surface area contributed by atoms with Gasteiger partial charge < -0.3 is 20.1 Å². The van der Waals surface area contributed by atoms with Crippen LogP contribution in [0.4, 0.5) is 9.18 Å². The van der Waals surface area contributed by atoms with Crippen molar-refractivity contribution in [2.75, 3.05) is 0 Å². The number of carbonyl (C=O) groups is 2. The topological polar surface area (TPSA) is 144 Å². The number of aromatic nitrogens is 1. The van der Waals surface area contributed by atoms with Gasteiger partial charge in [-0.2, -0.15) is 8.42 Å². The van der Waals surface area contributed by atoms with Crippen molar-refractivity contribution in [1.82, 2.24) is 15.6 Å². The molecule has 12 heteroatoms. The Morgan fingerprint density at radius 1 is 1.02 bits per heavy atom. The Kier molecular flexibility index (Phi) is 10.8. The molecule has 1 fully saturated rings. The van der Waals surface area contributed by atoms with Crippen molar-refractivity contribution in [2.24, 2.45) is 0 Å². The van der Waals surface area contributed by atoms with Crippen molar-refractivity contribution < 1.29 is 36.4 Å². The van der Waals surface area contributed by atoms with Gasteiger partial charge in [0, 0.05) is 17.6 Å². The van der Waals surface area contributed by atoms with Crippen LogP contribution in [0.3, 0.4) is 0 Å². The average molecular weight is 642 g/mol. The van der Waals surface area contributed by atoms with E-state index >= 15 is 0 Å². The second kappa shape index (κ2) is 14.4. The largest absolute Gasteiger partial charge is 0.444 e. The van der Waals surface area contributed by atoms with Crippen LogP contribution in [-0.2, 0) is 21.3 Å². The Morgan fingerprint density at radius 2 is 1.67 bits per heavy atom. The van der Waals surface area contributed by atoms with Gasteiger partial charge in [-0.1, -0.05) is 48.5 Å². The third kappa shape index (κ3) is 9.73. The Morgan fingerprint density at radius 3 is 2.29 bits per heavy atom. The third-order valence-electron chi connectivity index (χ3n) is 7.55. The maximum absolute atomic E-state index is 14.4. The van der Waals surface area contributed by atoms with E-state index in [0.29, 0.717) is 42.6 Å². The molecular formula is C33H40FN3O7S. The van der Waals surface area contributed by atoms with E-state index in [1.165, 1.54) is 6.92 Å². The number of nitrogens with one attached hydrogen (secondary N) is 2. The number of pyridine rings is 1. The summed E-state index contributed by atoms with van der Waals surface area (Å²) in [6.07, 6.45) is 3.28. The van der Waals surface area contributed by atoms with Gasteiger partial charge in [0.2, 0.25) is 5.88 Å². The van der Waals surface area contributed by atoms with Crippen molar-refractivity contribution in [3.05, 3.63) is 77.7 Å². The van der Waals surface area contributed by atoms with Crippen molar-refractivity contribution in [3.63, 3.8) is 0 Å². The Bertz CT molecular complexity index is 1600. The lowest BCUT2D eigenvalue weighted by Crippen LogP contribution is -2.45. The molecule has 2 amide bonds. The zero-order valence-electron chi connectivity index (χ0n) is 25.9. The minimum absolute atomic E-state index is 0.0841. The van der Waals surface area contributed by atoms with Crippen LogP contribution >= 0.6 is 0 Å². The summed E-state index contributed by atoms with van der Waals surface area (Å²) < 4.78 is 58.9. The first-order valence-corrected chi connectivity index (χ1v) is 16.5. The number of alkyl carbamates (subject to hydrolysis) is 1. The lowest BCUT2D eigenvalue weighted by atomic mass is 9.91. The molecule has 1 heterocycles. The molecule has 0 aliphatic heterocycles. The first kappa shape index (κ1) is 33.9. The number of ether oxygens (including phenoxy) is 2. The number of hydrogen-bond acceptors (Lipinski definition) is 7. The van der Waals surface area contributed by atoms with Crippen LogP contribution in [-0.4, -0.2) is 52.9 Å². The molecule has 0 radical (unpaired) electrons. The number of nitrogens with zero attached hydrogens (tertiary/aromatic N) is 1. The molecule has 4 rings (SSSR count). The van der Waals surface area contributed by atoms with E-state index < -0.39 is 38.8 Å². The summed E-state index contributed by atoms with van der Waals surface area (Å²) in [5.41, 5.74) is 1.40. The minimum atomic E-state index is -4.24. The van der Waals surface area contributed by atoms with Crippen LogP contribution in [0.15, 0.2) is 60.8 Å². The normalized spacial score (nSPS) is 17.6. The highest BCUT2D eigenvalue weighted by Crippen LogP contribution is 2.38. The van der Waals surface area contributed by atoms with Crippen molar-refractivity contribution in [2.45, 2.75) is 89.2 Å². The maximum atomic E-state index is 14.4. The number of halogens is 1. The van der Waals surface area contributed by atoms with Gasteiger partial charge in [0.25, 0.3) is 16.0 Å². The number of para-hydroxylation sites is 1. The molecule has 0 spiro atoms. The fourth-order valence-corrected chi connectivity index (χ4v) is 5.56. The van der Waals surface area contributed by atoms with Crippen LogP contribution in [0.5, 0.6) is 11.6 Å². The Balaban J connectivity index is 1.54. The lowest BCUT2D eigenvalue weighted by Gasteiger charge is -2.30. The zero-order valence-corrected chi connectivity index (χ0v) is 26.7. The second-order valence-electron chi connectivity index (χ2n) is 12.3. The summed E-state index contributed by atoms with van der Waals surface area (Å²) in [7, 11) is -4.24. The fraction of sp³-hybridized carbons (Fsp3) is 0.424. The van der Waals surface area contributed by atoms with Crippen molar-refractivity contribution >= 4 is 22.1 Å².